The molecule has 0 spiro atoms. The van der Waals surface area contributed by atoms with Crippen LogP contribution in [0.4, 0.5) is 0 Å². The molecule has 2 unspecified atom stereocenters. The normalized spacial score (nSPS) is 14.3. The first kappa shape index (κ1) is 12.0. The van der Waals surface area contributed by atoms with Crippen LogP contribution >= 0.6 is 11.6 Å². The molecule has 2 N–H and O–H groups in total. The van der Waals surface area contributed by atoms with Gasteiger partial charge in [0.1, 0.15) is 5.38 Å². The van der Waals surface area contributed by atoms with Gasteiger partial charge in [-0.05, 0) is 12.5 Å². The van der Waals surface area contributed by atoms with E-state index in [0.717, 1.165) is 5.56 Å². The van der Waals surface area contributed by atoms with E-state index in [4.69, 9.17) is 11.6 Å². The molecule has 0 aliphatic heterocycles. The number of rotatable bonds is 4. The zero-order chi connectivity index (χ0) is 11.3. The Bertz CT molecular complexity index is 314. The highest BCUT2D eigenvalue weighted by atomic mass is 35.5. The van der Waals surface area contributed by atoms with Crippen LogP contribution in [-0.4, -0.2) is 22.9 Å². The van der Waals surface area contributed by atoms with Crippen LogP contribution in [0.25, 0.3) is 0 Å². The second kappa shape index (κ2) is 5.73. The Morgan fingerprint density at radius 1 is 1.47 bits per heavy atom. The number of carbonyl (C=O) groups is 1. The molecule has 15 heavy (non-hydrogen) atoms. The van der Waals surface area contributed by atoms with Gasteiger partial charge in [-0.2, -0.15) is 0 Å². The molecule has 1 aromatic carbocycles. The maximum atomic E-state index is 11.1. The zero-order valence-corrected chi connectivity index (χ0v) is 9.24. The minimum Gasteiger partial charge on any atom is -0.387 e. The van der Waals surface area contributed by atoms with Crippen molar-refractivity contribution in [2.24, 2.45) is 0 Å². The summed E-state index contributed by atoms with van der Waals surface area (Å²) < 4.78 is 0. The maximum Gasteiger partial charge on any atom is 0.237 e. The molecule has 0 heterocycles. The zero-order valence-electron chi connectivity index (χ0n) is 8.48. The summed E-state index contributed by atoms with van der Waals surface area (Å²) in [7, 11) is 0. The third-order valence-corrected chi connectivity index (χ3v) is 2.21. The summed E-state index contributed by atoms with van der Waals surface area (Å²) in [5, 5.41) is 11.7. The molecule has 4 heteroatoms. The lowest BCUT2D eigenvalue weighted by molar-refractivity contribution is -0.120. The molecule has 0 aliphatic rings. The van der Waals surface area contributed by atoms with E-state index in [9.17, 15) is 9.90 Å². The second-order valence-corrected chi connectivity index (χ2v) is 3.94. The number of alkyl halides is 1. The number of benzene rings is 1. The van der Waals surface area contributed by atoms with Crippen LogP contribution < -0.4 is 5.32 Å². The van der Waals surface area contributed by atoms with Crippen molar-refractivity contribution in [3.63, 3.8) is 0 Å². The fourth-order valence-electron chi connectivity index (χ4n) is 1.13. The predicted molar refractivity (Wildman–Crippen MR) is 59.7 cm³/mol. The van der Waals surface area contributed by atoms with Crippen molar-refractivity contribution < 1.29 is 9.90 Å². The summed E-state index contributed by atoms with van der Waals surface area (Å²) in [5.41, 5.74) is 0.778. The lowest BCUT2D eigenvalue weighted by Crippen LogP contribution is -2.33. The molecule has 2 atom stereocenters. The molecule has 3 nitrogen and oxygen atoms in total. The third-order valence-electron chi connectivity index (χ3n) is 2.02. The largest absolute Gasteiger partial charge is 0.387 e. The van der Waals surface area contributed by atoms with Crippen LogP contribution in [0.5, 0.6) is 0 Å². The highest BCUT2D eigenvalue weighted by molar-refractivity contribution is 6.30. The molecular formula is C11H14ClNO2. The molecule has 0 saturated heterocycles. The van der Waals surface area contributed by atoms with E-state index in [-0.39, 0.29) is 12.5 Å². The molecule has 0 aromatic heterocycles. The van der Waals surface area contributed by atoms with E-state index < -0.39 is 11.5 Å². The lowest BCUT2D eigenvalue weighted by Gasteiger charge is -2.12. The highest BCUT2D eigenvalue weighted by Crippen LogP contribution is 2.10. The lowest BCUT2D eigenvalue weighted by atomic mass is 10.1. The second-order valence-electron chi connectivity index (χ2n) is 3.29. The van der Waals surface area contributed by atoms with E-state index >= 15 is 0 Å². The van der Waals surface area contributed by atoms with Gasteiger partial charge in [0.2, 0.25) is 5.91 Å². The van der Waals surface area contributed by atoms with Gasteiger partial charge in [-0.1, -0.05) is 30.3 Å². The number of halogens is 1. The number of hydrogen-bond acceptors (Lipinski definition) is 2. The minimum atomic E-state index is -0.689. The summed E-state index contributed by atoms with van der Waals surface area (Å²) in [6, 6.07) is 9.16. The van der Waals surface area contributed by atoms with Crippen molar-refractivity contribution in [1.82, 2.24) is 5.32 Å². The topological polar surface area (TPSA) is 49.3 Å². The summed E-state index contributed by atoms with van der Waals surface area (Å²) in [4.78, 5) is 11.1. The summed E-state index contributed by atoms with van der Waals surface area (Å²) >= 11 is 5.56. The Labute approximate surface area is 94.1 Å². The fourth-order valence-corrected chi connectivity index (χ4v) is 1.21. The third kappa shape index (κ3) is 3.90. The van der Waals surface area contributed by atoms with Gasteiger partial charge in [0.15, 0.2) is 0 Å². The molecule has 82 valence electrons. The molecule has 0 aliphatic carbocycles. The number of nitrogens with one attached hydrogen (secondary N) is 1. The monoisotopic (exact) mass is 227 g/mol. The average Bonchev–Trinajstić information content (AvgIpc) is 2.26. The standard InChI is InChI=1S/C11H14ClNO2/c1-8(12)11(15)13-7-10(14)9-5-3-2-4-6-9/h2-6,8,10,14H,7H2,1H3,(H,13,15). The molecular weight excluding hydrogens is 214 g/mol. The summed E-state index contributed by atoms with van der Waals surface area (Å²) in [5.74, 6) is -0.272. The Morgan fingerprint density at radius 2 is 2.07 bits per heavy atom. The van der Waals surface area contributed by atoms with Gasteiger partial charge in [-0.15, -0.1) is 11.6 Å². The number of aliphatic hydroxyl groups is 1. The van der Waals surface area contributed by atoms with Crippen LogP contribution in [0.3, 0.4) is 0 Å². The number of hydrogen-bond donors (Lipinski definition) is 2. The van der Waals surface area contributed by atoms with Crippen molar-refractivity contribution in [3.05, 3.63) is 35.9 Å². The van der Waals surface area contributed by atoms with Gasteiger partial charge < -0.3 is 10.4 Å². The van der Waals surface area contributed by atoms with Crippen molar-refractivity contribution in [3.8, 4) is 0 Å². The molecule has 0 bridgehead atoms. The van der Waals surface area contributed by atoms with Gasteiger partial charge in [-0.3, -0.25) is 4.79 Å². The van der Waals surface area contributed by atoms with Gasteiger partial charge in [0.05, 0.1) is 6.10 Å². The Kier molecular flexibility index (Phi) is 4.59. The molecule has 0 radical (unpaired) electrons. The molecule has 1 amide bonds. The predicted octanol–water partition coefficient (Wildman–Crippen LogP) is 1.46. The highest BCUT2D eigenvalue weighted by Gasteiger charge is 2.11. The quantitative estimate of drug-likeness (QED) is 0.766. The van der Waals surface area contributed by atoms with Gasteiger partial charge in [0, 0.05) is 6.54 Å². The summed E-state index contributed by atoms with van der Waals surface area (Å²) in [6.45, 7) is 1.77. The van der Waals surface area contributed by atoms with Crippen molar-refractivity contribution in [2.75, 3.05) is 6.54 Å². The number of carbonyl (C=O) groups excluding carboxylic acids is 1. The first-order valence-electron chi connectivity index (χ1n) is 4.76. The van der Waals surface area contributed by atoms with E-state index in [1.807, 2.05) is 18.2 Å². The number of aliphatic hydroxyl groups excluding tert-OH is 1. The van der Waals surface area contributed by atoms with E-state index in [2.05, 4.69) is 5.32 Å². The van der Waals surface area contributed by atoms with E-state index in [0.29, 0.717) is 0 Å². The van der Waals surface area contributed by atoms with Gasteiger partial charge >= 0.3 is 0 Å². The van der Waals surface area contributed by atoms with Crippen LogP contribution in [0.1, 0.15) is 18.6 Å². The first-order valence-corrected chi connectivity index (χ1v) is 5.19. The minimum absolute atomic E-state index is 0.180. The molecule has 1 rings (SSSR count). The van der Waals surface area contributed by atoms with Crippen LogP contribution in [0.15, 0.2) is 30.3 Å². The van der Waals surface area contributed by atoms with Crippen molar-refractivity contribution >= 4 is 17.5 Å². The maximum absolute atomic E-state index is 11.1. The Morgan fingerprint density at radius 3 is 2.60 bits per heavy atom. The van der Waals surface area contributed by atoms with Crippen LogP contribution in [-0.2, 0) is 4.79 Å². The van der Waals surface area contributed by atoms with E-state index in [1.165, 1.54) is 0 Å². The molecule has 1 aromatic rings. The smallest absolute Gasteiger partial charge is 0.237 e. The Balaban J connectivity index is 2.44. The SMILES string of the molecule is CC(Cl)C(=O)NCC(O)c1ccccc1. The van der Waals surface area contributed by atoms with Crippen molar-refractivity contribution in [2.45, 2.75) is 18.4 Å². The Hall–Kier alpha value is -1.06. The van der Waals surface area contributed by atoms with E-state index in [1.54, 1.807) is 19.1 Å². The molecule has 0 saturated carbocycles. The molecule has 0 fully saturated rings. The fraction of sp³-hybridized carbons (Fsp3) is 0.364. The van der Waals surface area contributed by atoms with Crippen molar-refractivity contribution in [1.29, 1.82) is 0 Å². The van der Waals surface area contributed by atoms with Crippen LogP contribution in [0, 0.1) is 0 Å². The van der Waals surface area contributed by atoms with Gasteiger partial charge in [0.25, 0.3) is 0 Å². The average molecular weight is 228 g/mol. The first-order chi connectivity index (χ1) is 7.11. The van der Waals surface area contributed by atoms with Gasteiger partial charge in [-0.25, -0.2) is 0 Å². The summed E-state index contributed by atoms with van der Waals surface area (Å²) in [6.07, 6.45) is -0.689. The number of amides is 1. The van der Waals surface area contributed by atoms with Crippen LogP contribution in [0.2, 0.25) is 0 Å².